The van der Waals surface area contributed by atoms with Crippen molar-refractivity contribution in [2.24, 2.45) is 0 Å². The number of benzene rings is 3. The Morgan fingerprint density at radius 3 is 2.50 bits per heavy atom. The van der Waals surface area contributed by atoms with Gasteiger partial charge in [0, 0.05) is 41.7 Å². The van der Waals surface area contributed by atoms with E-state index in [4.69, 9.17) is 0 Å². The second kappa shape index (κ2) is 14.2. The van der Waals surface area contributed by atoms with Crippen molar-refractivity contribution in [1.29, 1.82) is 0 Å². The Morgan fingerprint density at radius 1 is 1.09 bits per heavy atom. The first-order chi connectivity index (χ1) is 20.9. The van der Waals surface area contributed by atoms with Crippen molar-refractivity contribution < 1.29 is 22.0 Å². The van der Waals surface area contributed by atoms with Crippen molar-refractivity contribution in [2.75, 3.05) is 28.6 Å². The van der Waals surface area contributed by atoms with Gasteiger partial charge in [0.2, 0.25) is 0 Å². The van der Waals surface area contributed by atoms with Crippen LogP contribution in [0.5, 0.6) is 0 Å². The molecule has 4 rings (SSSR count). The van der Waals surface area contributed by atoms with Gasteiger partial charge in [-0.25, -0.2) is 13.2 Å². The second-order valence-electron chi connectivity index (χ2n) is 11.4. The molecular weight excluding hydrogens is 571 g/mol. The van der Waals surface area contributed by atoms with Crippen LogP contribution in [0.25, 0.3) is 5.57 Å². The van der Waals surface area contributed by atoms with Crippen molar-refractivity contribution in [3.05, 3.63) is 102 Å². The number of aryl methyl sites for hydroxylation is 1. The Morgan fingerprint density at radius 2 is 1.84 bits per heavy atom. The van der Waals surface area contributed by atoms with Crippen LogP contribution in [-0.2, 0) is 5.92 Å². The van der Waals surface area contributed by atoms with Gasteiger partial charge in [-0.15, -0.1) is 0 Å². The molecule has 0 spiro atoms. The quantitative estimate of drug-likeness (QED) is 0.157. The largest absolute Gasteiger partial charge is 0.379 e. The summed E-state index contributed by atoms with van der Waals surface area (Å²) < 4.78 is 71.8. The molecule has 1 aliphatic rings. The first kappa shape index (κ1) is 32.9. The zero-order valence-electron chi connectivity index (χ0n) is 25.7. The maximum absolute atomic E-state index is 15.6. The molecule has 1 aliphatic heterocycles. The molecule has 236 valence electrons. The minimum Gasteiger partial charge on any atom is -0.379 e. The number of alkyl halides is 5. The standard InChI is InChI=1S/C35H41F5N4/c1-6-7-11-23(2)29-21-28(16-17-31(29)41-27-14-10-13-26(20-27)35(5,39)40)42-32-18-19-43(22-30(32)36)25(4)44(34(37)38)33-15-9-8-12-24(33)3/h8-17,20-21,30,32,34,41-42H,4,6-7,18-19,22H2,1-3,5H3/b23-11-. The third kappa shape index (κ3) is 7.92. The van der Waals surface area contributed by atoms with Gasteiger partial charge in [0.25, 0.3) is 5.92 Å². The molecule has 0 saturated carbocycles. The molecule has 2 atom stereocenters. The maximum atomic E-state index is 15.6. The van der Waals surface area contributed by atoms with Crippen LogP contribution >= 0.6 is 0 Å². The molecule has 1 heterocycles. The first-order valence-corrected chi connectivity index (χ1v) is 14.9. The van der Waals surface area contributed by atoms with Gasteiger partial charge in [-0.2, -0.15) is 8.78 Å². The van der Waals surface area contributed by atoms with Crippen LogP contribution in [0.15, 0.2) is 85.2 Å². The van der Waals surface area contributed by atoms with Crippen LogP contribution in [0.3, 0.4) is 0 Å². The van der Waals surface area contributed by atoms with Gasteiger partial charge in [-0.3, -0.25) is 4.90 Å². The summed E-state index contributed by atoms with van der Waals surface area (Å²) in [5, 5.41) is 6.59. The number of piperidine rings is 1. The number of hydrogen-bond donors (Lipinski definition) is 2. The van der Waals surface area contributed by atoms with E-state index in [2.05, 4.69) is 30.2 Å². The molecule has 0 aromatic heterocycles. The van der Waals surface area contributed by atoms with Crippen LogP contribution in [0.1, 0.15) is 56.7 Å². The summed E-state index contributed by atoms with van der Waals surface area (Å²) in [6.07, 6.45) is 2.99. The second-order valence-corrected chi connectivity index (χ2v) is 11.4. The van der Waals surface area contributed by atoms with Gasteiger partial charge in [-0.1, -0.05) is 56.3 Å². The number of likely N-dealkylation sites (tertiary alicyclic amines) is 1. The number of halogens is 5. The van der Waals surface area contributed by atoms with Gasteiger partial charge >= 0.3 is 6.55 Å². The number of allylic oxidation sites excluding steroid dienone is 2. The number of para-hydroxylation sites is 1. The molecule has 3 aromatic rings. The zero-order valence-corrected chi connectivity index (χ0v) is 25.7. The third-order valence-electron chi connectivity index (χ3n) is 7.94. The van der Waals surface area contributed by atoms with Gasteiger partial charge in [-0.05, 0) is 74.2 Å². The van der Waals surface area contributed by atoms with E-state index in [-0.39, 0.29) is 17.9 Å². The molecule has 0 bridgehead atoms. The lowest BCUT2D eigenvalue weighted by Crippen LogP contribution is -2.50. The van der Waals surface area contributed by atoms with Gasteiger partial charge in [0.15, 0.2) is 0 Å². The Kier molecular flexibility index (Phi) is 10.6. The number of anilines is 4. The van der Waals surface area contributed by atoms with E-state index < -0.39 is 24.7 Å². The molecule has 9 heteroatoms. The fourth-order valence-corrected chi connectivity index (χ4v) is 5.42. The average molecular weight is 613 g/mol. The summed E-state index contributed by atoms with van der Waals surface area (Å²) in [5.74, 6) is -2.90. The summed E-state index contributed by atoms with van der Waals surface area (Å²) in [6.45, 7) is 8.05. The summed E-state index contributed by atoms with van der Waals surface area (Å²) in [4.78, 5) is 2.43. The lowest BCUT2D eigenvalue weighted by Gasteiger charge is -2.41. The summed E-state index contributed by atoms with van der Waals surface area (Å²) in [6, 6.07) is 18.1. The van der Waals surface area contributed by atoms with E-state index in [0.29, 0.717) is 35.6 Å². The lowest BCUT2D eigenvalue weighted by molar-refractivity contribution is 0.0175. The SMILES string of the molecule is C=C(N1CCC(Nc2ccc(Nc3cccc(C(C)(F)F)c3)c(/C(C)=C\CCC)c2)C(F)C1)N(c1ccccc1C)C(F)F. The molecule has 0 aliphatic carbocycles. The number of hydrogen-bond acceptors (Lipinski definition) is 4. The zero-order chi connectivity index (χ0) is 32.0. The van der Waals surface area contributed by atoms with Crippen LogP contribution in [0.4, 0.5) is 44.7 Å². The molecule has 44 heavy (non-hydrogen) atoms. The highest BCUT2D eigenvalue weighted by Gasteiger charge is 2.33. The monoisotopic (exact) mass is 612 g/mol. The topological polar surface area (TPSA) is 30.5 Å². The smallest absolute Gasteiger partial charge is 0.320 e. The molecule has 0 radical (unpaired) electrons. The van der Waals surface area contributed by atoms with E-state index in [1.807, 2.05) is 25.1 Å². The Balaban J connectivity index is 1.51. The molecular formula is C35H41F5N4. The molecule has 2 N–H and O–H groups in total. The van der Waals surface area contributed by atoms with E-state index in [0.717, 1.165) is 41.5 Å². The minimum absolute atomic E-state index is 0.0645. The summed E-state index contributed by atoms with van der Waals surface area (Å²) >= 11 is 0. The van der Waals surface area contributed by atoms with Gasteiger partial charge in [0.05, 0.1) is 18.3 Å². The number of rotatable bonds is 12. The Hall–Kier alpha value is -4.01. The van der Waals surface area contributed by atoms with Crippen LogP contribution < -0.4 is 15.5 Å². The third-order valence-corrected chi connectivity index (χ3v) is 7.94. The molecule has 3 aromatic carbocycles. The van der Waals surface area contributed by atoms with Crippen molar-refractivity contribution >= 4 is 28.3 Å². The van der Waals surface area contributed by atoms with Crippen LogP contribution in [-0.4, -0.2) is 36.8 Å². The maximum Gasteiger partial charge on any atom is 0.320 e. The van der Waals surface area contributed by atoms with Crippen molar-refractivity contribution in [2.45, 2.75) is 71.6 Å². The summed E-state index contributed by atoms with van der Waals surface area (Å²) in [5.41, 5.74) is 4.78. The Labute approximate surface area is 257 Å². The number of unbranched alkanes of at least 4 members (excludes halogenated alkanes) is 1. The van der Waals surface area contributed by atoms with Gasteiger partial charge in [0.1, 0.15) is 12.0 Å². The van der Waals surface area contributed by atoms with E-state index in [9.17, 15) is 17.6 Å². The average Bonchev–Trinajstić information content (AvgIpc) is 2.98. The van der Waals surface area contributed by atoms with Crippen molar-refractivity contribution in [3.63, 3.8) is 0 Å². The predicted molar refractivity (Wildman–Crippen MR) is 172 cm³/mol. The van der Waals surface area contributed by atoms with E-state index in [1.165, 1.54) is 12.1 Å². The molecule has 1 fully saturated rings. The van der Waals surface area contributed by atoms with Crippen molar-refractivity contribution in [3.8, 4) is 0 Å². The number of nitrogens with one attached hydrogen (secondary N) is 2. The molecule has 4 nitrogen and oxygen atoms in total. The molecule has 2 unspecified atom stereocenters. The fourth-order valence-electron chi connectivity index (χ4n) is 5.42. The highest BCUT2D eigenvalue weighted by Crippen LogP contribution is 2.35. The van der Waals surface area contributed by atoms with E-state index in [1.54, 1.807) is 48.2 Å². The summed E-state index contributed by atoms with van der Waals surface area (Å²) in [7, 11) is 0. The Bertz CT molecular complexity index is 1470. The lowest BCUT2D eigenvalue weighted by atomic mass is 9.99. The minimum atomic E-state index is -2.96. The predicted octanol–water partition coefficient (Wildman–Crippen LogP) is 10.1. The highest BCUT2D eigenvalue weighted by molar-refractivity contribution is 5.81. The normalized spacial score (nSPS) is 17.5. The van der Waals surface area contributed by atoms with Crippen LogP contribution in [0, 0.1) is 6.92 Å². The molecule has 1 saturated heterocycles. The van der Waals surface area contributed by atoms with E-state index >= 15 is 4.39 Å². The fraction of sp³-hybridized carbons (Fsp3) is 0.371. The van der Waals surface area contributed by atoms with Crippen LogP contribution in [0.2, 0.25) is 0 Å². The molecule has 0 amide bonds. The van der Waals surface area contributed by atoms with Crippen molar-refractivity contribution in [1.82, 2.24) is 4.90 Å². The highest BCUT2D eigenvalue weighted by atomic mass is 19.3. The number of nitrogens with zero attached hydrogens (tertiary/aromatic N) is 2. The van der Waals surface area contributed by atoms with Gasteiger partial charge < -0.3 is 15.5 Å². The first-order valence-electron chi connectivity index (χ1n) is 14.9.